The van der Waals surface area contributed by atoms with Crippen LogP contribution < -0.4 is 5.56 Å². The predicted molar refractivity (Wildman–Crippen MR) is 84.9 cm³/mol. The number of hydrogen-bond donors (Lipinski definition) is 1. The molecule has 3 rings (SSSR count). The number of aromatic nitrogens is 1. The molecule has 0 aliphatic heterocycles. The van der Waals surface area contributed by atoms with Crippen LogP contribution in [-0.4, -0.2) is 22.8 Å². The van der Waals surface area contributed by atoms with E-state index in [0.717, 1.165) is 4.88 Å². The number of pyridine rings is 1. The van der Waals surface area contributed by atoms with Gasteiger partial charge >= 0.3 is 0 Å². The zero-order chi connectivity index (χ0) is 15.5. The Hall–Kier alpha value is -2.60. The number of rotatable bonds is 4. The van der Waals surface area contributed by atoms with Gasteiger partial charge < -0.3 is 14.3 Å². The molecular formula is C16H14N2O3S. The molecule has 0 aliphatic rings. The molecule has 3 heterocycles. The van der Waals surface area contributed by atoms with Crippen LogP contribution in [0.1, 0.15) is 15.2 Å². The number of carbonyl (C=O) groups is 1. The first kappa shape index (κ1) is 14.3. The maximum absolute atomic E-state index is 12.4. The molecule has 3 aromatic heterocycles. The minimum Gasteiger partial charge on any atom is -0.463 e. The first-order valence-electron chi connectivity index (χ1n) is 6.70. The zero-order valence-corrected chi connectivity index (χ0v) is 12.7. The molecule has 0 saturated heterocycles. The largest absolute Gasteiger partial charge is 0.463 e. The Labute approximate surface area is 130 Å². The van der Waals surface area contributed by atoms with Crippen LogP contribution in [-0.2, 0) is 6.54 Å². The van der Waals surface area contributed by atoms with Gasteiger partial charge in [-0.15, -0.1) is 11.3 Å². The van der Waals surface area contributed by atoms with Crippen molar-refractivity contribution in [3.05, 3.63) is 68.8 Å². The molecule has 0 aliphatic carbocycles. The van der Waals surface area contributed by atoms with Crippen LogP contribution in [0.3, 0.4) is 0 Å². The number of nitrogens with one attached hydrogen (secondary N) is 1. The summed E-state index contributed by atoms with van der Waals surface area (Å²) in [6.45, 7) is 0.482. The highest BCUT2D eigenvalue weighted by Crippen LogP contribution is 2.16. The van der Waals surface area contributed by atoms with Crippen molar-refractivity contribution >= 4 is 17.2 Å². The van der Waals surface area contributed by atoms with Crippen molar-refractivity contribution in [2.45, 2.75) is 6.54 Å². The lowest BCUT2D eigenvalue weighted by Gasteiger charge is -2.15. The summed E-state index contributed by atoms with van der Waals surface area (Å²) in [5.74, 6) is 0.253. The van der Waals surface area contributed by atoms with Crippen molar-refractivity contribution in [1.29, 1.82) is 0 Å². The number of furan rings is 1. The second-order valence-electron chi connectivity index (χ2n) is 4.83. The zero-order valence-electron chi connectivity index (χ0n) is 11.9. The van der Waals surface area contributed by atoms with Gasteiger partial charge in [0.25, 0.3) is 11.5 Å². The molecule has 0 saturated carbocycles. The van der Waals surface area contributed by atoms with E-state index in [0.29, 0.717) is 18.0 Å². The smallest absolute Gasteiger partial charge is 0.261 e. The normalized spacial score (nSPS) is 10.6. The summed E-state index contributed by atoms with van der Waals surface area (Å²) in [5, 5.41) is 1.96. The fraction of sp³-hybridized carbons (Fsp3) is 0.125. The molecule has 5 nitrogen and oxygen atoms in total. The number of thiophene rings is 1. The van der Waals surface area contributed by atoms with Crippen LogP contribution >= 0.6 is 11.3 Å². The number of nitrogens with zero attached hydrogens (tertiary/aromatic N) is 1. The molecule has 0 spiro atoms. The highest BCUT2D eigenvalue weighted by Gasteiger charge is 2.17. The minimum absolute atomic E-state index is 0.120. The molecule has 0 fully saturated rings. The molecule has 6 heteroatoms. The van der Waals surface area contributed by atoms with Gasteiger partial charge in [-0.2, -0.15) is 0 Å². The van der Waals surface area contributed by atoms with E-state index < -0.39 is 5.56 Å². The SMILES string of the molecule is CN(Cc1cccs1)C(=O)c1ccc(-c2ccco2)[nH]c1=O. The molecule has 22 heavy (non-hydrogen) atoms. The first-order valence-corrected chi connectivity index (χ1v) is 7.58. The predicted octanol–water partition coefficient (Wildman–Crippen LogP) is 2.97. The number of carbonyl (C=O) groups excluding carboxylic acids is 1. The van der Waals surface area contributed by atoms with E-state index in [4.69, 9.17) is 4.42 Å². The van der Waals surface area contributed by atoms with Crippen molar-refractivity contribution in [3.8, 4) is 11.5 Å². The highest BCUT2D eigenvalue weighted by atomic mass is 32.1. The van der Waals surface area contributed by atoms with Crippen LogP contribution in [0, 0.1) is 0 Å². The third-order valence-corrected chi connectivity index (χ3v) is 4.11. The summed E-state index contributed by atoms with van der Waals surface area (Å²) in [4.78, 5) is 29.8. The van der Waals surface area contributed by atoms with Gasteiger partial charge in [-0.05, 0) is 35.7 Å². The Morgan fingerprint density at radius 3 is 2.77 bits per heavy atom. The maximum Gasteiger partial charge on any atom is 0.261 e. The van der Waals surface area contributed by atoms with Crippen LogP contribution in [0.4, 0.5) is 0 Å². The Balaban J connectivity index is 1.82. The van der Waals surface area contributed by atoms with Gasteiger partial charge in [0.1, 0.15) is 11.3 Å². The average molecular weight is 314 g/mol. The summed E-state index contributed by atoms with van der Waals surface area (Å²) >= 11 is 1.58. The average Bonchev–Trinajstić information content (AvgIpc) is 3.19. The van der Waals surface area contributed by atoms with E-state index in [9.17, 15) is 9.59 Å². The standard InChI is InChI=1S/C16H14N2O3S/c1-18(10-11-4-3-9-22-11)16(20)12-6-7-13(17-15(12)19)14-5-2-8-21-14/h2-9H,10H2,1H3,(H,17,19). The topological polar surface area (TPSA) is 66.3 Å². The molecule has 1 amide bonds. The van der Waals surface area contributed by atoms with Gasteiger partial charge in [0.2, 0.25) is 0 Å². The molecule has 0 atom stereocenters. The lowest BCUT2D eigenvalue weighted by atomic mass is 10.2. The number of H-pyrrole nitrogens is 1. The fourth-order valence-electron chi connectivity index (χ4n) is 2.13. The van der Waals surface area contributed by atoms with Crippen molar-refractivity contribution < 1.29 is 9.21 Å². The van der Waals surface area contributed by atoms with Crippen LogP contribution in [0.5, 0.6) is 0 Å². The van der Waals surface area contributed by atoms with Crippen molar-refractivity contribution in [1.82, 2.24) is 9.88 Å². The molecule has 3 aromatic rings. The molecule has 112 valence electrons. The van der Waals surface area contributed by atoms with Gasteiger partial charge in [0.05, 0.1) is 18.5 Å². The van der Waals surface area contributed by atoms with E-state index in [1.54, 1.807) is 36.6 Å². The number of amides is 1. The van der Waals surface area contributed by atoms with Gasteiger partial charge in [-0.3, -0.25) is 9.59 Å². The molecular weight excluding hydrogens is 300 g/mol. The maximum atomic E-state index is 12.4. The van der Waals surface area contributed by atoms with Crippen molar-refractivity contribution in [2.75, 3.05) is 7.05 Å². The van der Waals surface area contributed by atoms with E-state index in [1.165, 1.54) is 17.2 Å². The second kappa shape index (κ2) is 6.03. The van der Waals surface area contributed by atoms with Gasteiger partial charge in [-0.25, -0.2) is 0 Å². The highest BCUT2D eigenvalue weighted by molar-refractivity contribution is 7.09. The Morgan fingerprint density at radius 2 is 2.14 bits per heavy atom. The van der Waals surface area contributed by atoms with E-state index >= 15 is 0 Å². The van der Waals surface area contributed by atoms with Crippen LogP contribution in [0.15, 0.2) is 57.3 Å². The Kier molecular flexibility index (Phi) is 3.93. The lowest BCUT2D eigenvalue weighted by molar-refractivity contribution is 0.0784. The summed E-state index contributed by atoms with van der Waals surface area (Å²) in [7, 11) is 1.68. The summed E-state index contributed by atoms with van der Waals surface area (Å²) in [6.07, 6.45) is 1.53. The summed E-state index contributed by atoms with van der Waals surface area (Å²) in [6, 6.07) is 10.6. The van der Waals surface area contributed by atoms with Crippen molar-refractivity contribution in [2.24, 2.45) is 0 Å². The molecule has 0 radical (unpaired) electrons. The number of aromatic amines is 1. The minimum atomic E-state index is -0.420. The third kappa shape index (κ3) is 2.87. The molecule has 0 bridgehead atoms. The van der Waals surface area contributed by atoms with E-state index in [1.807, 2.05) is 17.5 Å². The van der Waals surface area contributed by atoms with Gasteiger partial charge in [0, 0.05) is 11.9 Å². The van der Waals surface area contributed by atoms with E-state index in [2.05, 4.69) is 4.98 Å². The second-order valence-corrected chi connectivity index (χ2v) is 5.86. The fourth-order valence-corrected chi connectivity index (χ4v) is 2.89. The van der Waals surface area contributed by atoms with Crippen LogP contribution in [0.2, 0.25) is 0 Å². The Bertz CT molecular complexity index is 819. The third-order valence-electron chi connectivity index (χ3n) is 3.25. The summed E-state index contributed by atoms with van der Waals surface area (Å²) < 4.78 is 5.23. The molecule has 1 N–H and O–H groups in total. The quantitative estimate of drug-likeness (QED) is 0.805. The lowest BCUT2D eigenvalue weighted by Crippen LogP contribution is -2.31. The van der Waals surface area contributed by atoms with E-state index in [-0.39, 0.29) is 11.5 Å². The van der Waals surface area contributed by atoms with Crippen molar-refractivity contribution in [3.63, 3.8) is 0 Å². The van der Waals surface area contributed by atoms with Gasteiger partial charge in [0.15, 0.2) is 0 Å². The number of hydrogen-bond acceptors (Lipinski definition) is 4. The Morgan fingerprint density at radius 1 is 1.27 bits per heavy atom. The van der Waals surface area contributed by atoms with Crippen LogP contribution in [0.25, 0.3) is 11.5 Å². The molecule has 0 unspecified atom stereocenters. The monoisotopic (exact) mass is 314 g/mol. The first-order chi connectivity index (χ1) is 10.6. The molecule has 0 aromatic carbocycles. The summed E-state index contributed by atoms with van der Waals surface area (Å²) in [5.41, 5.74) is 0.249. The van der Waals surface area contributed by atoms with Gasteiger partial charge in [-0.1, -0.05) is 6.07 Å².